The van der Waals surface area contributed by atoms with Crippen LogP contribution in [0.5, 0.6) is 0 Å². The van der Waals surface area contributed by atoms with Crippen LogP contribution in [0.25, 0.3) is 0 Å². The molecule has 76 valence electrons. The zero-order chi connectivity index (χ0) is 9.80. The molecule has 1 aromatic rings. The molecule has 14 heavy (non-hydrogen) atoms. The van der Waals surface area contributed by atoms with Gasteiger partial charge in [0.2, 0.25) is 0 Å². The first-order valence-corrected chi connectivity index (χ1v) is 5.27. The molecule has 2 atom stereocenters. The maximum Gasteiger partial charge on any atom is 0.0730 e. The Morgan fingerprint density at radius 3 is 2.64 bits per heavy atom. The summed E-state index contributed by atoms with van der Waals surface area (Å²) in [4.78, 5) is 0. The van der Waals surface area contributed by atoms with E-state index >= 15 is 0 Å². The molecule has 0 aliphatic heterocycles. The fraction of sp³-hybridized carbons (Fsp3) is 0.500. The van der Waals surface area contributed by atoms with Crippen LogP contribution < -0.4 is 5.73 Å². The molecule has 1 aliphatic carbocycles. The second-order valence-electron chi connectivity index (χ2n) is 3.93. The minimum absolute atomic E-state index is 0.249. The van der Waals surface area contributed by atoms with Gasteiger partial charge in [0.05, 0.1) is 12.7 Å². The van der Waals surface area contributed by atoms with E-state index in [0.717, 1.165) is 12.8 Å². The van der Waals surface area contributed by atoms with E-state index in [4.69, 9.17) is 10.5 Å². The van der Waals surface area contributed by atoms with Gasteiger partial charge in [0.25, 0.3) is 0 Å². The van der Waals surface area contributed by atoms with Gasteiger partial charge in [0.15, 0.2) is 0 Å². The molecule has 2 N–H and O–H groups in total. The Morgan fingerprint density at radius 2 is 2.00 bits per heavy atom. The molecule has 2 heteroatoms. The number of ether oxygens (including phenoxy) is 1. The molecule has 0 spiro atoms. The van der Waals surface area contributed by atoms with E-state index in [-0.39, 0.29) is 12.1 Å². The van der Waals surface area contributed by atoms with Gasteiger partial charge in [-0.15, -0.1) is 0 Å². The molecular weight excluding hydrogens is 174 g/mol. The molecule has 1 aromatic carbocycles. The van der Waals surface area contributed by atoms with Gasteiger partial charge < -0.3 is 10.5 Å². The average molecular weight is 191 g/mol. The van der Waals surface area contributed by atoms with Gasteiger partial charge in [-0.2, -0.15) is 0 Å². The van der Waals surface area contributed by atoms with Crippen molar-refractivity contribution in [2.75, 3.05) is 0 Å². The van der Waals surface area contributed by atoms with Crippen molar-refractivity contribution in [1.29, 1.82) is 0 Å². The highest BCUT2D eigenvalue weighted by molar-refractivity contribution is 5.13. The summed E-state index contributed by atoms with van der Waals surface area (Å²) in [5.41, 5.74) is 7.15. The van der Waals surface area contributed by atoms with Crippen molar-refractivity contribution in [2.24, 2.45) is 5.73 Å². The van der Waals surface area contributed by atoms with Crippen LogP contribution in [-0.2, 0) is 11.3 Å². The van der Waals surface area contributed by atoms with Crippen LogP contribution in [0.15, 0.2) is 30.3 Å². The Labute approximate surface area is 85.1 Å². The topological polar surface area (TPSA) is 35.2 Å². The molecule has 0 saturated heterocycles. The van der Waals surface area contributed by atoms with Crippen LogP contribution in [0.2, 0.25) is 0 Å². The van der Waals surface area contributed by atoms with E-state index < -0.39 is 0 Å². The second-order valence-corrected chi connectivity index (χ2v) is 3.93. The number of hydrogen-bond donors (Lipinski definition) is 1. The summed E-state index contributed by atoms with van der Waals surface area (Å²) >= 11 is 0. The summed E-state index contributed by atoms with van der Waals surface area (Å²) in [7, 11) is 0. The van der Waals surface area contributed by atoms with Crippen molar-refractivity contribution in [3.8, 4) is 0 Å². The van der Waals surface area contributed by atoms with Crippen molar-refractivity contribution in [1.82, 2.24) is 0 Å². The molecule has 0 bridgehead atoms. The monoisotopic (exact) mass is 191 g/mol. The van der Waals surface area contributed by atoms with Crippen molar-refractivity contribution in [3.05, 3.63) is 35.9 Å². The molecule has 0 amide bonds. The van der Waals surface area contributed by atoms with E-state index in [0.29, 0.717) is 6.61 Å². The summed E-state index contributed by atoms with van der Waals surface area (Å²) in [5, 5.41) is 0. The van der Waals surface area contributed by atoms with Crippen molar-refractivity contribution >= 4 is 0 Å². The van der Waals surface area contributed by atoms with Gasteiger partial charge >= 0.3 is 0 Å². The van der Waals surface area contributed by atoms with Crippen molar-refractivity contribution in [2.45, 2.75) is 38.0 Å². The van der Waals surface area contributed by atoms with Crippen LogP contribution in [0.1, 0.15) is 24.8 Å². The van der Waals surface area contributed by atoms with Gasteiger partial charge in [0.1, 0.15) is 0 Å². The lowest BCUT2D eigenvalue weighted by atomic mass is 10.2. The van der Waals surface area contributed by atoms with E-state index in [9.17, 15) is 0 Å². The summed E-state index contributed by atoms with van der Waals surface area (Å²) < 4.78 is 5.78. The lowest BCUT2D eigenvalue weighted by Crippen LogP contribution is -2.31. The zero-order valence-electron chi connectivity index (χ0n) is 8.36. The predicted octanol–water partition coefficient (Wildman–Crippen LogP) is 2.08. The Morgan fingerprint density at radius 1 is 1.21 bits per heavy atom. The molecular formula is C12H17NO. The van der Waals surface area contributed by atoms with Crippen LogP contribution in [0.3, 0.4) is 0 Å². The van der Waals surface area contributed by atoms with E-state index in [1.165, 1.54) is 12.0 Å². The third-order valence-corrected chi connectivity index (χ3v) is 2.81. The molecule has 2 nitrogen and oxygen atoms in total. The lowest BCUT2D eigenvalue weighted by molar-refractivity contribution is 0.0357. The van der Waals surface area contributed by atoms with Gasteiger partial charge in [-0.3, -0.25) is 0 Å². The molecule has 0 unspecified atom stereocenters. The molecule has 2 rings (SSSR count). The quantitative estimate of drug-likeness (QED) is 0.794. The van der Waals surface area contributed by atoms with Crippen LogP contribution in [0.4, 0.5) is 0 Å². The van der Waals surface area contributed by atoms with Crippen LogP contribution in [-0.4, -0.2) is 12.1 Å². The summed E-state index contributed by atoms with van der Waals surface area (Å²) in [6.07, 6.45) is 3.71. The standard InChI is InChI=1S/C12H17NO/c13-11-7-4-8-12(11)14-9-10-5-2-1-3-6-10/h1-3,5-6,11-12H,4,7-9,13H2/t11-,12+/m1/s1. The fourth-order valence-electron chi connectivity index (χ4n) is 1.94. The number of rotatable bonds is 3. The lowest BCUT2D eigenvalue weighted by Gasteiger charge is -2.16. The third-order valence-electron chi connectivity index (χ3n) is 2.81. The Bertz CT molecular complexity index is 273. The summed E-state index contributed by atoms with van der Waals surface area (Å²) in [5.74, 6) is 0. The first-order chi connectivity index (χ1) is 6.86. The highest BCUT2D eigenvalue weighted by Gasteiger charge is 2.24. The molecule has 1 saturated carbocycles. The molecule has 0 radical (unpaired) electrons. The second kappa shape index (κ2) is 4.58. The van der Waals surface area contributed by atoms with E-state index in [2.05, 4.69) is 12.1 Å². The first kappa shape index (κ1) is 9.69. The Hall–Kier alpha value is -0.860. The van der Waals surface area contributed by atoms with E-state index in [1.54, 1.807) is 0 Å². The highest BCUT2D eigenvalue weighted by atomic mass is 16.5. The molecule has 0 aromatic heterocycles. The van der Waals surface area contributed by atoms with Gasteiger partial charge in [-0.05, 0) is 24.8 Å². The zero-order valence-corrected chi connectivity index (χ0v) is 8.36. The summed E-state index contributed by atoms with van der Waals surface area (Å²) in [6, 6.07) is 10.5. The number of nitrogens with two attached hydrogens (primary N) is 1. The Balaban J connectivity index is 1.82. The Kier molecular flexibility index (Phi) is 3.17. The normalized spacial score (nSPS) is 26.6. The van der Waals surface area contributed by atoms with Gasteiger partial charge in [0, 0.05) is 6.04 Å². The minimum Gasteiger partial charge on any atom is -0.372 e. The molecule has 1 aliphatic rings. The molecule has 1 fully saturated rings. The predicted molar refractivity (Wildman–Crippen MR) is 56.8 cm³/mol. The summed E-state index contributed by atoms with van der Waals surface area (Å²) in [6.45, 7) is 0.694. The fourth-order valence-corrected chi connectivity index (χ4v) is 1.94. The third kappa shape index (κ3) is 2.34. The van der Waals surface area contributed by atoms with Crippen molar-refractivity contribution in [3.63, 3.8) is 0 Å². The highest BCUT2D eigenvalue weighted by Crippen LogP contribution is 2.21. The molecule has 0 heterocycles. The van der Waals surface area contributed by atoms with Crippen molar-refractivity contribution < 1.29 is 4.74 Å². The minimum atomic E-state index is 0.249. The smallest absolute Gasteiger partial charge is 0.0730 e. The average Bonchev–Trinajstić information content (AvgIpc) is 2.63. The number of hydrogen-bond acceptors (Lipinski definition) is 2. The van der Waals surface area contributed by atoms with E-state index in [1.807, 2.05) is 18.2 Å². The van der Waals surface area contributed by atoms with Crippen LogP contribution in [0, 0.1) is 0 Å². The maximum absolute atomic E-state index is 5.92. The van der Waals surface area contributed by atoms with Gasteiger partial charge in [-0.1, -0.05) is 30.3 Å². The largest absolute Gasteiger partial charge is 0.372 e. The van der Waals surface area contributed by atoms with Crippen LogP contribution >= 0.6 is 0 Å². The van der Waals surface area contributed by atoms with Gasteiger partial charge in [-0.25, -0.2) is 0 Å². The first-order valence-electron chi connectivity index (χ1n) is 5.27. The number of benzene rings is 1. The SMILES string of the molecule is N[C@@H]1CCC[C@@H]1OCc1ccccc1. The maximum atomic E-state index is 5.92.